The minimum Gasteiger partial charge on any atom is -0.360 e. The molecule has 4 nitrogen and oxygen atoms in total. The number of aliphatic imine (C=N–C) groups is 1. The molecule has 10 aromatic rings. The molecule has 0 fully saturated rings. The van der Waals surface area contributed by atoms with Gasteiger partial charge in [0, 0.05) is 49.7 Å². The van der Waals surface area contributed by atoms with Crippen molar-refractivity contribution in [2.24, 2.45) is 4.99 Å². The van der Waals surface area contributed by atoms with Gasteiger partial charge < -0.3 is 14.5 Å². The molecule has 0 bridgehead atoms. The molecule has 1 N–H and O–H groups in total. The molecule has 1 atom stereocenters. The summed E-state index contributed by atoms with van der Waals surface area (Å²) in [6, 6.07) is 71.8. The van der Waals surface area contributed by atoms with Crippen LogP contribution < -0.4 is 5.32 Å². The van der Waals surface area contributed by atoms with Crippen LogP contribution in [0.15, 0.2) is 211 Å². The Bertz CT molecular complexity index is 2930. The van der Waals surface area contributed by atoms with Gasteiger partial charge in [0.05, 0.1) is 27.8 Å². The highest BCUT2D eigenvalue weighted by Crippen LogP contribution is 2.38. The van der Waals surface area contributed by atoms with Crippen LogP contribution in [0.4, 0.5) is 0 Å². The summed E-state index contributed by atoms with van der Waals surface area (Å²) < 4.78 is 4.83. The molecule has 1 unspecified atom stereocenters. The summed E-state index contributed by atoms with van der Waals surface area (Å²) in [5.74, 6) is 0. The Kier molecular flexibility index (Phi) is 7.52. The zero-order chi connectivity index (χ0) is 37.0. The van der Waals surface area contributed by atoms with Gasteiger partial charge in [0.25, 0.3) is 0 Å². The second-order valence-electron chi connectivity index (χ2n) is 14.5. The molecule has 56 heavy (non-hydrogen) atoms. The molecule has 264 valence electrons. The third-order valence-electron chi connectivity index (χ3n) is 11.1. The predicted octanol–water partition coefficient (Wildman–Crippen LogP) is 12.7. The third kappa shape index (κ3) is 5.34. The Morgan fingerprint density at radius 3 is 1.32 bits per heavy atom. The van der Waals surface area contributed by atoms with E-state index in [9.17, 15) is 0 Å². The first-order valence-electron chi connectivity index (χ1n) is 19.2. The Morgan fingerprint density at radius 1 is 0.375 bits per heavy atom. The molecule has 3 heterocycles. The average Bonchev–Trinajstić information content (AvgIpc) is 3.80. The number of fused-ring (bicyclic) bond motifs is 6. The number of aromatic nitrogens is 2. The van der Waals surface area contributed by atoms with Crippen molar-refractivity contribution >= 4 is 55.0 Å². The van der Waals surface area contributed by atoms with E-state index in [1.807, 2.05) is 0 Å². The van der Waals surface area contributed by atoms with Crippen LogP contribution in [0, 0.1) is 0 Å². The van der Waals surface area contributed by atoms with E-state index in [1.165, 1.54) is 49.2 Å². The van der Waals surface area contributed by atoms with Crippen molar-refractivity contribution in [3.63, 3.8) is 0 Å². The molecule has 11 rings (SSSR count). The summed E-state index contributed by atoms with van der Waals surface area (Å²) in [5, 5.41) is 8.81. The van der Waals surface area contributed by atoms with Crippen LogP contribution in [0.5, 0.6) is 0 Å². The van der Waals surface area contributed by atoms with Gasteiger partial charge in [-0.2, -0.15) is 0 Å². The van der Waals surface area contributed by atoms with E-state index >= 15 is 0 Å². The number of benzene rings is 8. The molecule has 0 spiro atoms. The lowest BCUT2D eigenvalue weighted by Gasteiger charge is -2.26. The van der Waals surface area contributed by atoms with E-state index in [-0.39, 0.29) is 6.17 Å². The van der Waals surface area contributed by atoms with E-state index in [4.69, 9.17) is 4.99 Å². The molecule has 4 heteroatoms. The second kappa shape index (κ2) is 13.2. The molecular formula is C52H36N4. The summed E-state index contributed by atoms with van der Waals surface area (Å²) in [6.07, 6.45) is 1.83. The first-order chi connectivity index (χ1) is 27.8. The largest absolute Gasteiger partial charge is 0.360 e. The van der Waals surface area contributed by atoms with Gasteiger partial charge in [-0.05, 0) is 71.3 Å². The number of nitrogens with zero attached hydrogens (tertiary/aromatic N) is 3. The maximum absolute atomic E-state index is 5.54. The highest BCUT2D eigenvalue weighted by Gasteiger charge is 2.23. The summed E-state index contributed by atoms with van der Waals surface area (Å²) in [4.78, 5) is 5.54. The predicted molar refractivity (Wildman–Crippen MR) is 234 cm³/mol. The van der Waals surface area contributed by atoms with Crippen LogP contribution in [0.3, 0.4) is 0 Å². The van der Waals surface area contributed by atoms with Crippen LogP contribution >= 0.6 is 0 Å². The fourth-order valence-corrected chi connectivity index (χ4v) is 8.56. The maximum atomic E-state index is 5.54. The number of hydrogen-bond acceptors (Lipinski definition) is 2. The first-order valence-corrected chi connectivity index (χ1v) is 19.2. The third-order valence-corrected chi connectivity index (χ3v) is 11.1. The molecule has 0 saturated heterocycles. The lowest BCUT2D eigenvalue weighted by molar-refractivity contribution is 0.663. The Balaban J connectivity index is 1.17. The zero-order valence-electron chi connectivity index (χ0n) is 30.5. The van der Waals surface area contributed by atoms with Crippen LogP contribution in [0.1, 0.15) is 22.9 Å². The molecule has 1 aliphatic heterocycles. The van der Waals surface area contributed by atoms with Gasteiger partial charge in [-0.15, -0.1) is 0 Å². The molecule has 2 aromatic heterocycles. The van der Waals surface area contributed by atoms with Crippen molar-refractivity contribution in [2.45, 2.75) is 6.17 Å². The molecule has 0 radical (unpaired) electrons. The number of nitrogens with one attached hydrogen (secondary N) is 1. The number of rotatable bonds is 6. The van der Waals surface area contributed by atoms with Gasteiger partial charge in [-0.1, -0.05) is 152 Å². The topological polar surface area (TPSA) is 34.2 Å². The minimum atomic E-state index is -0.370. The van der Waals surface area contributed by atoms with Crippen molar-refractivity contribution < 1.29 is 0 Å². The average molecular weight is 717 g/mol. The summed E-state index contributed by atoms with van der Waals surface area (Å²) in [6.45, 7) is 0. The SMILES string of the molecule is C1=C(c2ccccc2)NC(c2cc(-n3c4ccccc4c4ccccc43)cc(-n3c4ccccc4c4ccccc43)c2)N=C1c1cccc(-c2ccccc2)c1. The summed E-state index contributed by atoms with van der Waals surface area (Å²) >= 11 is 0. The maximum Gasteiger partial charge on any atom is 0.145 e. The standard InChI is InChI=1S/C52H36N4/c1-3-16-35(17-4-1)37-20-15-21-38(30-37)47-34-46(36-18-5-2-6-19-36)53-52(54-47)39-31-40(55-48-26-11-7-22-42(48)43-23-8-12-27-49(43)55)33-41(32-39)56-50-28-13-9-24-44(50)45-25-10-14-29-51(45)56/h1-34,52-53H. The van der Waals surface area contributed by atoms with Gasteiger partial charge in [-0.3, -0.25) is 4.99 Å². The van der Waals surface area contributed by atoms with Crippen molar-refractivity contribution in [1.82, 2.24) is 14.5 Å². The van der Waals surface area contributed by atoms with Gasteiger partial charge in [-0.25, -0.2) is 0 Å². The fraction of sp³-hybridized carbons (Fsp3) is 0.0192. The number of allylic oxidation sites excluding steroid dienone is 1. The van der Waals surface area contributed by atoms with E-state index < -0.39 is 0 Å². The molecule has 1 aliphatic rings. The summed E-state index contributed by atoms with van der Waals surface area (Å²) in [5.41, 5.74) is 14.4. The van der Waals surface area contributed by atoms with Gasteiger partial charge in [0.2, 0.25) is 0 Å². The van der Waals surface area contributed by atoms with Crippen LogP contribution in [0.25, 0.3) is 71.8 Å². The van der Waals surface area contributed by atoms with Crippen molar-refractivity contribution in [3.8, 4) is 22.5 Å². The zero-order valence-corrected chi connectivity index (χ0v) is 30.5. The quantitative estimate of drug-likeness (QED) is 0.183. The van der Waals surface area contributed by atoms with Crippen molar-refractivity contribution in [3.05, 3.63) is 223 Å². The Hall–Kier alpha value is -7.43. The Labute approximate surface area is 324 Å². The number of para-hydroxylation sites is 4. The van der Waals surface area contributed by atoms with Crippen molar-refractivity contribution in [1.29, 1.82) is 0 Å². The van der Waals surface area contributed by atoms with Gasteiger partial charge >= 0.3 is 0 Å². The molecule has 0 aliphatic carbocycles. The van der Waals surface area contributed by atoms with Crippen LogP contribution in [-0.2, 0) is 0 Å². The van der Waals surface area contributed by atoms with Gasteiger partial charge in [0.15, 0.2) is 0 Å². The molecular weight excluding hydrogens is 681 g/mol. The van der Waals surface area contributed by atoms with E-state index in [0.717, 1.165) is 45.0 Å². The molecule has 0 saturated carbocycles. The lowest BCUT2D eigenvalue weighted by Crippen LogP contribution is -2.25. The van der Waals surface area contributed by atoms with E-state index in [1.54, 1.807) is 0 Å². The van der Waals surface area contributed by atoms with E-state index in [0.29, 0.717) is 0 Å². The highest BCUT2D eigenvalue weighted by molar-refractivity contribution is 6.14. The lowest BCUT2D eigenvalue weighted by atomic mass is 9.98. The minimum absolute atomic E-state index is 0.370. The highest BCUT2D eigenvalue weighted by atomic mass is 15.1. The normalized spacial score (nSPS) is 14.2. The molecule has 0 amide bonds. The monoisotopic (exact) mass is 716 g/mol. The Morgan fingerprint density at radius 2 is 0.804 bits per heavy atom. The first kappa shape index (κ1) is 32.0. The second-order valence-corrected chi connectivity index (χ2v) is 14.5. The summed E-state index contributed by atoms with van der Waals surface area (Å²) in [7, 11) is 0. The van der Waals surface area contributed by atoms with Crippen molar-refractivity contribution in [2.75, 3.05) is 0 Å². The van der Waals surface area contributed by atoms with Crippen LogP contribution in [-0.4, -0.2) is 14.8 Å². The smallest absolute Gasteiger partial charge is 0.145 e. The van der Waals surface area contributed by atoms with E-state index in [2.05, 4.69) is 221 Å². The van der Waals surface area contributed by atoms with Crippen LogP contribution in [0.2, 0.25) is 0 Å². The molecule has 8 aromatic carbocycles. The fourth-order valence-electron chi connectivity index (χ4n) is 8.56. The van der Waals surface area contributed by atoms with Gasteiger partial charge in [0.1, 0.15) is 6.17 Å². The number of hydrogen-bond donors (Lipinski definition) is 1.